The van der Waals surface area contributed by atoms with Gasteiger partial charge in [0.2, 0.25) is 5.91 Å². The van der Waals surface area contributed by atoms with E-state index in [2.05, 4.69) is 15.7 Å². The normalized spacial score (nSPS) is 18.1. The maximum atomic E-state index is 12.0. The molecule has 2 heterocycles. The van der Waals surface area contributed by atoms with Crippen LogP contribution >= 0.6 is 0 Å². The first-order valence-electron chi connectivity index (χ1n) is 6.93. The maximum absolute atomic E-state index is 12.0. The molecule has 1 saturated heterocycles. The van der Waals surface area contributed by atoms with E-state index < -0.39 is 0 Å². The molecule has 20 heavy (non-hydrogen) atoms. The molecule has 1 aromatic heterocycles. The fourth-order valence-corrected chi connectivity index (χ4v) is 2.51. The molecule has 1 atom stereocenters. The van der Waals surface area contributed by atoms with Gasteiger partial charge in [-0.15, -0.1) is 0 Å². The number of carbonyl (C=O) groups excluding carboxylic acids is 1. The fraction of sp³-hybridized carbons (Fsp3) is 0.333. The van der Waals surface area contributed by atoms with Gasteiger partial charge in [-0.25, -0.2) is 4.68 Å². The summed E-state index contributed by atoms with van der Waals surface area (Å²) in [6, 6.07) is 9.81. The van der Waals surface area contributed by atoms with Gasteiger partial charge in [-0.05, 0) is 37.1 Å². The molecular formula is C15H18N4O. The van der Waals surface area contributed by atoms with Crippen molar-refractivity contribution in [3.05, 3.63) is 48.3 Å². The summed E-state index contributed by atoms with van der Waals surface area (Å²) in [5, 5.41) is 10.4. The Morgan fingerprint density at radius 3 is 3.05 bits per heavy atom. The second-order valence-corrected chi connectivity index (χ2v) is 4.95. The van der Waals surface area contributed by atoms with Crippen LogP contribution in [-0.4, -0.2) is 28.3 Å². The zero-order valence-electron chi connectivity index (χ0n) is 11.2. The first-order valence-corrected chi connectivity index (χ1v) is 6.93. The highest BCUT2D eigenvalue weighted by Crippen LogP contribution is 2.13. The van der Waals surface area contributed by atoms with Gasteiger partial charge in [0.05, 0.1) is 11.7 Å². The third-order valence-electron chi connectivity index (χ3n) is 3.57. The molecule has 2 N–H and O–H groups in total. The van der Waals surface area contributed by atoms with Gasteiger partial charge in [0.15, 0.2) is 0 Å². The smallest absolute Gasteiger partial charge is 0.237 e. The molecule has 0 aliphatic carbocycles. The molecule has 0 radical (unpaired) electrons. The highest BCUT2D eigenvalue weighted by atomic mass is 16.2. The predicted octanol–water partition coefficient (Wildman–Crippen LogP) is 1.24. The van der Waals surface area contributed by atoms with Crippen molar-refractivity contribution < 1.29 is 4.79 Å². The summed E-state index contributed by atoms with van der Waals surface area (Å²) in [6.07, 6.45) is 5.64. The maximum Gasteiger partial charge on any atom is 0.237 e. The molecule has 0 spiro atoms. The van der Waals surface area contributed by atoms with Gasteiger partial charge < -0.3 is 10.6 Å². The number of amides is 1. The van der Waals surface area contributed by atoms with Crippen LogP contribution in [0.2, 0.25) is 0 Å². The first kappa shape index (κ1) is 12.9. The largest absolute Gasteiger partial charge is 0.351 e. The third-order valence-corrected chi connectivity index (χ3v) is 3.57. The van der Waals surface area contributed by atoms with Gasteiger partial charge in [0.25, 0.3) is 0 Å². The minimum absolute atomic E-state index is 0.0353. The lowest BCUT2D eigenvalue weighted by Crippen LogP contribution is -2.40. The van der Waals surface area contributed by atoms with Crippen LogP contribution < -0.4 is 10.6 Å². The van der Waals surface area contributed by atoms with Crippen LogP contribution in [-0.2, 0) is 11.3 Å². The van der Waals surface area contributed by atoms with Crippen molar-refractivity contribution in [2.45, 2.75) is 25.4 Å². The Kier molecular flexibility index (Phi) is 3.78. The molecule has 0 bridgehead atoms. The monoisotopic (exact) mass is 270 g/mol. The summed E-state index contributed by atoms with van der Waals surface area (Å²) in [4.78, 5) is 12.0. The van der Waals surface area contributed by atoms with Crippen LogP contribution in [0.15, 0.2) is 42.7 Å². The number of benzene rings is 1. The minimum atomic E-state index is -0.0353. The standard InChI is InChI=1S/C15H18N4O/c20-15(13-6-3-8-16-13)17-11-12-5-1-2-7-14(12)19-10-4-9-18-19/h1-2,4-5,7,9-10,13,16H,3,6,8,11H2,(H,17,20)/t13-/m1/s1. The number of para-hydroxylation sites is 1. The Labute approximate surface area is 118 Å². The number of hydrogen-bond donors (Lipinski definition) is 2. The average molecular weight is 270 g/mol. The second kappa shape index (κ2) is 5.88. The van der Waals surface area contributed by atoms with Crippen molar-refractivity contribution in [3.8, 4) is 5.69 Å². The third kappa shape index (κ3) is 2.72. The SMILES string of the molecule is O=C(NCc1ccccc1-n1cccn1)[C@H]1CCCN1. The van der Waals surface area contributed by atoms with Gasteiger partial charge in [0, 0.05) is 18.9 Å². The van der Waals surface area contributed by atoms with Crippen LogP contribution in [0, 0.1) is 0 Å². The second-order valence-electron chi connectivity index (χ2n) is 4.95. The van der Waals surface area contributed by atoms with Gasteiger partial charge in [-0.2, -0.15) is 5.10 Å². The van der Waals surface area contributed by atoms with Crippen LogP contribution in [0.25, 0.3) is 5.69 Å². The predicted molar refractivity (Wildman–Crippen MR) is 76.4 cm³/mol. The van der Waals surface area contributed by atoms with E-state index in [0.717, 1.165) is 30.6 Å². The molecule has 104 valence electrons. The van der Waals surface area contributed by atoms with Crippen molar-refractivity contribution in [2.24, 2.45) is 0 Å². The van der Waals surface area contributed by atoms with Gasteiger partial charge in [-0.3, -0.25) is 4.79 Å². The molecule has 5 heteroatoms. The Balaban J connectivity index is 1.70. The molecule has 1 aliphatic rings. The first-order chi connectivity index (χ1) is 9.84. The molecule has 1 fully saturated rings. The van der Waals surface area contributed by atoms with Crippen molar-refractivity contribution in [1.29, 1.82) is 0 Å². The van der Waals surface area contributed by atoms with E-state index in [1.807, 2.05) is 41.2 Å². The summed E-state index contributed by atoms with van der Waals surface area (Å²) in [7, 11) is 0. The molecule has 2 aromatic rings. The van der Waals surface area contributed by atoms with E-state index in [9.17, 15) is 4.79 Å². The van der Waals surface area contributed by atoms with Crippen molar-refractivity contribution in [2.75, 3.05) is 6.54 Å². The van der Waals surface area contributed by atoms with Crippen LogP contribution in [0.3, 0.4) is 0 Å². The number of hydrogen-bond acceptors (Lipinski definition) is 3. The van der Waals surface area contributed by atoms with E-state index >= 15 is 0 Å². The zero-order chi connectivity index (χ0) is 13.8. The Morgan fingerprint density at radius 2 is 2.30 bits per heavy atom. The topological polar surface area (TPSA) is 59.0 Å². The van der Waals surface area contributed by atoms with Gasteiger partial charge in [0.1, 0.15) is 0 Å². The van der Waals surface area contributed by atoms with E-state index in [1.54, 1.807) is 6.20 Å². The molecule has 5 nitrogen and oxygen atoms in total. The minimum Gasteiger partial charge on any atom is -0.351 e. The lowest BCUT2D eigenvalue weighted by molar-refractivity contribution is -0.122. The quantitative estimate of drug-likeness (QED) is 0.879. The lowest BCUT2D eigenvalue weighted by atomic mass is 10.1. The lowest BCUT2D eigenvalue weighted by Gasteiger charge is -2.13. The molecule has 1 aliphatic heterocycles. The van der Waals surface area contributed by atoms with Crippen LogP contribution in [0.1, 0.15) is 18.4 Å². The Morgan fingerprint density at radius 1 is 1.40 bits per heavy atom. The number of nitrogens with one attached hydrogen (secondary N) is 2. The van der Waals surface area contributed by atoms with E-state index in [0.29, 0.717) is 6.54 Å². The van der Waals surface area contributed by atoms with Crippen molar-refractivity contribution in [3.63, 3.8) is 0 Å². The molecule has 3 rings (SSSR count). The molecular weight excluding hydrogens is 252 g/mol. The van der Waals surface area contributed by atoms with Crippen molar-refractivity contribution >= 4 is 5.91 Å². The Bertz CT molecular complexity index is 573. The summed E-state index contributed by atoms with van der Waals surface area (Å²) < 4.78 is 1.81. The van der Waals surface area contributed by atoms with Gasteiger partial charge in [-0.1, -0.05) is 18.2 Å². The van der Waals surface area contributed by atoms with E-state index in [4.69, 9.17) is 0 Å². The number of nitrogens with zero attached hydrogens (tertiary/aromatic N) is 2. The molecule has 1 aromatic carbocycles. The number of rotatable bonds is 4. The molecule has 1 amide bonds. The Hall–Kier alpha value is -2.14. The van der Waals surface area contributed by atoms with Crippen molar-refractivity contribution in [1.82, 2.24) is 20.4 Å². The average Bonchev–Trinajstić information content (AvgIpc) is 3.17. The van der Waals surface area contributed by atoms with Crippen LogP contribution in [0.5, 0.6) is 0 Å². The fourth-order valence-electron chi connectivity index (χ4n) is 2.51. The van der Waals surface area contributed by atoms with E-state index in [1.165, 1.54) is 0 Å². The summed E-state index contributed by atoms with van der Waals surface area (Å²) in [5.41, 5.74) is 2.06. The zero-order valence-corrected chi connectivity index (χ0v) is 11.2. The van der Waals surface area contributed by atoms with Gasteiger partial charge >= 0.3 is 0 Å². The summed E-state index contributed by atoms with van der Waals surface area (Å²) in [6.45, 7) is 1.45. The number of aromatic nitrogens is 2. The van der Waals surface area contributed by atoms with E-state index in [-0.39, 0.29) is 11.9 Å². The highest BCUT2D eigenvalue weighted by Gasteiger charge is 2.21. The molecule has 0 unspecified atom stereocenters. The highest BCUT2D eigenvalue weighted by molar-refractivity contribution is 5.82. The summed E-state index contributed by atoms with van der Waals surface area (Å²) in [5.74, 6) is 0.0813. The summed E-state index contributed by atoms with van der Waals surface area (Å²) >= 11 is 0. The number of carbonyl (C=O) groups is 1. The molecule has 0 saturated carbocycles. The van der Waals surface area contributed by atoms with Crippen LogP contribution in [0.4, 0.5) is 0 Å².